The second-order valence-electron chi connectivity index (χ2n) is 5.92. The summed E-state index contributed by atoms with van der Waals surface area (Å²) in [6, 6.07) is 3.01. The van der Waals surface area contributed by atoms with E-state index in [2.05, 4.69) is 0 Å². The summed E-state index contributed by atoms with van der Waals surface area (Å²) in [6.07, 6.45) is 0.653. The smallest absolute Gasteiger partial charge is 0.322 e. The van der Waals surface area contributed by atoms with E-state index >= 15 is 0 Å². The molecule has 2 heterocycles. The molecule has 2 saturated heterocycles. The zero-order valence-electron chi connectivity index (χ0n) is 12.9. The molecule has 5 nitrogen and oxygen atoms in total. The number of ketones is 1. The monoisotopic (exact) mass is 341 g/mol. The molecule has 1 aromatic carbocycles. The number of hydrogen-bond acceptors (Lipinski definition) is 5. The third kappa shape index (κ3) is 2.55. The summed E-state index contributed by atoms with van der Waals surface area (Å²) >= 11 is 6.06. The first-order valence-electron chi connectivity index (χ1n) is 7.40. The Morgan fingerprint density at radius 3 is 2.61 bits per heavy atom. The molecule has 0 saturated carbocycles. The minimum absolute atomic E-state index is 0.0646. The molecule has 0 N–H and O–H groups in total. The Bertz CT molecular complexity index is 670. The van der Waals surface area contributed by atoms with E-state index < -0.39 is 29.1 Å². The number of carbonyl (C=O) groups is 2. The molecular formula is C16H17ClFNO4. The van der Waals surface area contributed by atoms with E-state index in [4.69, 9.17) is 21.2 Å². The number of hydrogen-bond donors (Lipinski definition) is 0. The number of carbonyl (C=O) groups excluding carboxylic acids is 2. The standard InChI is InChI=1S/C16H17ClFNO4/c1-9-3-4-10(17)11(13(9)18)12-14(20)16(23-15(12)21)5-7-19(22-2)8-6-16/h3-4,12H,5-8H2,1-2H3. The molecule has 2 fully saturated rings. The van der Waals surface area contributed by atoms with Gasteiger partial charge in [0, 0.05) is 36.5 Å². The lowest BCUT2D eigenvalue weighted by Crippen LogP contribution is -2.48. The summed E-state index contributed by atoms with van der Waals surface area (Å²) in [6.45, 7) is 2.49. The average Bonchev–Trinajstić information content (AvgIpc) is 2.77. The largest absolute Gasteiger partial charge is 0.450 e. The van der Waals surface area contributed by atoms with Crippen LogP contribution in [0.25, 0.3) is 0 Å². The van der Waals surface area contributed by atoms with Crippen LogP contribution < -0.4 is 0 Å². The van der Waals surface area contributed by atoms with Crippen molar-refractivity contribution in [3.63, 3.8) is 0 Å². The molecule has 1 unspecified atom stereocenters. The molecule has 3 rings (SSSR count). The number of ether oxygens (including phenoxy) is 1. The van der Waals surface area contributed by atoms with Crippen LogP contribution >= 0.6 is 11.6 Å². The van der Waals surface area contributed by atoms with Crippen molar-refractivity contribution in [2.24, 2.45) is 0 Å². The van der Waals surface area contributed by atoms with Gasteiger partial charge < -0.3 is 9.57 Å². The highest BCUT2D eigenvalue weighted by Gasteiger charge is 2.57. The molecule has 0 amide bonds. The van der Waals surface area contributed by atoms with Crippen LogP contribution in [0.5, 0.6) is 0 Å². The van der Waals surface area contributed by atoms with Crippen molar-refractivity contribution in [2.75, 3.05) is 20.2 Å². The summed E-state index contributed by atoms with van der Waals surface area (Å²) in [7, 11) is 1.55. The van der Waals surface area contributed by atoms with Gasteiger partial charge in [0.2, 0.25) is 0 Å². The average molecular weight is 342 g/mol. The highest BCUT2D eigenvalue weighted by molar-refractivity contribution is 6.32. The van der Waals surface area contributed by atoms with Crippen molar-refractivity contribution >= 4 is 23.4 Å². The Labute approximate surface area is 138 Å². The van der Waals surface area contributed by atoms with Gasteiger partial charge in [-0.25, -0.2) is 4.39 Å². The maximum atomic E-state index is 14.5. The maximum Gasteiger partial charge on any atom is 0.322 e. The minimum atomic E-state index is -1.29. The fraction of sp³-hybridized carbons (Fsp3) is 0.500. The van der Waals surface area contributed by atoms with Crippen molar-refractivity contribution in [3.05, 3.63) is 34.1 Å². The van der Waals surface area contributed by atoms with E-state index in [1.165, 1.54) is 12.1 Å². The third-order valence-electron chi connectivity index (χ3n) is 4.64. The predicted octanol–water partition coefficient (Wildman–Crippen LogP) is 2.39. The molecule has 2 aliphatic rings. The Morgan fingerprint density at radius 1 is 1.35 bits per heavy atom. The van der Waals surface area contributed by atoms with Crippen LogP contribution in [0, 0.1) is 12.7 Å². The molecule has 0 aliphatic carbocycles. The van der Waals surface area contributed by atoms with Crippen LogP contribution in [0.2, 0.25) is 5.02 Å². The van der Waals surface area contributed by atoms with Crippen molar-refractivity contribution in [1.82, 2.24) is 5.06 Å². The number of aryl methyl sites for hydroxylation is 1. The number of halogens is 2. The molecule has 124 valence electrons. The van der Waals surface area contributed by atoms with E-state index in [0.29, 0.717) is 31.5 Å². The van der Waals surface area contributed by atoms with Crippen molar-refractivity contribution in [2.45, 2.75) is 31.3 Å². The van der Waals surface area contributed by atoms with E-state index in [1.54, 1.807) is 19.1 Å². The highest BCUT2D eigenvalue weighted by atomic mass is 35.5. The van der Waals surface area contributed by atoms with Crippen LogP contribution in [0.3, 0.4) is 0 Å². The SMILES string of the molecule is CON1CCC2(CC1)OC(=O)C(c1c(Cl)ccc(C)c1F)C2=O. The summed E-state index contributed by atoms with van der Waals surface area (Å²) in [5.74, 6) is -3.06. The molecular weight excluding hydrogens is 325 g/mol. The van der Waals surface area contributed by atoms with Gasteiger partial charge in [-0.05, 0) is 18.6 Å². The summed E-state index contributed by atoms with van der Waals surface area (Å²) in [5.41, 5.74) is -0.941. The third-order valence-corrected chi connectivity index (χ3v) is 4.97. The van der Waals surface area contributed by atoms with Gasteiger partial charge in [0.1, 0.15) is 11.7 Å². The molecule has 7 heteroatoms. The number of Topliss-reactive ketones (excluding diaryl/α,β-unsaturated/α-hetero) is 1. The van der Waals surface area contributed by atoms with Crippen molar-refractivity contribution < 1.29 is 23.6 Å². The number of esters is 1. The van der Waals surface area contributed by atoms with Crippen LogP contribution in [0.1, 0.15) is 29.9 Å². The van der Waals surface area contributed by atoms with Gasteiger partial charge in [-0.15, -0.1) is 0 Å². The van der Waals surface area contributed by atoms with Crippen LogP contribution in [0.4, 0.5) is 4.39 Å². The summed E-state index contributed by atoms with van der Waals surface area (Å²) in [5, 5.41) is 1.76. The molecule has 0 bridgehead atoms. The molecule has 23 heavy (non-hydrogen) atoms. The van der Waals surface area contributed by atoms with E-state index in [1.807, 2.05) is 0 Å². The predicted molar refractivity (Wildman–Crippen MR) is 80.5 cm³/mol. The fourth-order valence-electron chi connectivity index (χ4n) is 3.24. The van der Waals surface area contributed by atoms with Gasteiger partial charge >= 0.3 is 5.97 Å². The summed E-state index contributed by atoms with van der Waals surface area (Å²) < 4.78 is 19.9. The number of benzene rings is 1. The normalized spacial score (nSPS) is 24.3. The zero-order valence-corrected chi connectivity index (χ0v) is 13.7. The molecule has 1 atom stereocenters. The number of piperidine rings is 1. The topological polar surface area (TPSA) is 55.8 Å². The van der Waals surface area contributed by atoms with Crippen LogP contribution in [-0.2, 0) is 19.2 Å². The highest BCUT2D eigenvalue weighted by Crippen LogP contribution is 2.43. The Balaban J connectivity index is 1.96. The first kappa shape index (κ1) is 16.4. The van der Waals surface area contributed by atoms with Gasteiger partial charge in [-0.1, -0.05) is 17.7 Å². The zero-order chi connectivity index (χ0) is 16.8. The Kier molecular flexibility index (Phi) is 4.16. The second kappa shape index (κ2) is 5.85. The number of hydroxylamine groups is 2. The molecule has 2 aliphatic heterocycles. The van der Waals surface area contributed by atoms with Gasteiger partial charge in [0.05, 0.1) is 7.11 Å². The van der Waals surface area contributed by atoms with E-state index in [9.17, 15) is 14.0 Å². The van der Waals surface area contributed by atoms with Gasteiger partial charge in [0.25, 0.3) is 0 Å². The minimum Gasteiger partial charge on any atom is -0.450 e. The lowest BCUT2D eigenvalue weighted by molar-refractivity contribution is -0.184. The Hall–Kier alpha value is -1.50. The first-order chi connectivity index (χ1) is 10.9. The van der Waals surface area contributed by atoms with Gasteiger partial charge in [0.15, 0.2) is 11.4 Å². The fourth-order valence-corrected chi connectivity index (χ4v) is 3.50. The molecule has 1 spiro atoms. The molecule has 1 aromatic rings. The maximum absolute atomic E-state index is 14.5. The van der Waals surface area contributed by atoms with Gasteiger partial charge in [-0.3, -0.25) is 9.59 Å². The molecule has 0 aromatic heterocycles. The van der Waals surface area contributed by atoms with Crippen molar-refractivity contribution in [1.29, 1.82) is 0 Å². The molecule has 0 radical (unpaired) electrons. The quantitative estimate of drug-likeness (QED) is 0.610. The lowest BCUT2D eigenvalue weighted by atomic mass is 9.81. The number of nitrogens with zero attached hydrogens (tertiary/aromatic N) is 1. The second-order valence-corrected chi connectivity index (χ2v) is 6.32. The van der Waals surface area contributed by atoms with Crippen LogP contribution in [-0.4, -0.2) is 42.6 Å². The van der Waals surface area contributed by atoms with Crippen LogP contribution in [0.15, 0.2) is 12.1 Å². The van der Waals surface area contributed by atoms with E-state index in [-0.39, 0.29) is 10.6 Å². The van der Waals surface area contributed by atoms with E-state index in [0.717, 1.165) is 0 Å². The van der Waals surface area contributed by atoms with Crippen molar-refractivity contribution in [3.8, 4) is 0 Å². The van der Waals surface area contributed by atoms with Gasteiger partial charge in [-0.2, -0.15) is 5.06 Å². The Morgan fingerprint density at radius 2 is 2.00 bits per heavy atom. The number of rotatable bonds is 2. The lowest BCUT2D eigenvalue weighted by Gasteiger charge is -2.35. The first-order valence-corrected chi connectivity index (χ1v) is 7.78. The summed E-state index contributed by atoms with van der Waals surface area (Å²) in [4.78, 5) is 30.3.